The lowest BCUT2D eigenvalue weighted by Crippen LogP contribution is -2.36. The maximum Gasteiger partial charge on any atom is 0.260 e. The molecule has 0 aromatic heterocycles. The molecule has 2 aliphatic rings. The highest BCUT2D eigenvalue weighted by atomic mass is 16.5. The largest absolute Gasteiger partial charge is 0.489 e. The van der Waals surface area contributed by atoms with Gasteiger partial charge in [0.1, 0.15) is 18.1 Å². The number of nitrogens with two attached hydrogens (primary N) is 1. The van der Waals surface area contributed by atoms with Crippen LogP contribution in [0, 0.1) is 11.8 Å². The SMILES string of the molecule is NC1CCC2CN(C(=O)COc3ccc(OCc4ccccc4)cc3)CC12. The molecule has 2 aromatic rings. The van der Waals surface area contributed by atoms with Gasteiger partial charge in [0.25, 0.3) is 5.91 Å². The monoisotopic (exact) mass is 366 g/mol. The molecule has 5 heteroatoms. The first-order chi connectivity index (χ1) is 13.2. The van der Waals surface area contributed by atoms with Gasteiger partial charge in [0.15, 0.2) is 6.61 Å². The molecule has 0 radical (unpaired) electrons. The Morgan fingerprint density at radius 2 is 1.67 bits per heavy atom. The zero-order valence-corrected chi connectivity index (χ0v) is 15.4. The van der Waals surface area contributed by atoms with Crippen molar-refractivity contribution in [1.29, 1.82) is 0 Å². The summed E-state index contributed by atoms with van der Waals surface area (Å²) in [6, 6.07) is 17.7. The molecule has 2 fully saturated rings. The number of likely N-dealkylation sites (tertiary alicyclic amines) is 1. The van der Waals surface area contributed by atoms with Crippen LogP contribution < -0.4 is 15.2 Å². The zero-order valence-electron chi connectivity index (χ0n) is 15.4. The Morgan fingerprint density at radius 1 is 0.963 bits per heavy atom. The van der Waals surface area contributed by atoms with Crippen molar-refractivity contribution in [1.82, 2.24) is 4.90 Å². The van der Waals surface area contributed by atoms with E-state index in [4.69, 9.17) is 15.2 Å². The van der Waals surface area contributed by atoms with Gasteiger partial charge in [-0.1, -0.05) is 30.3 Å². The number of nitrogens with zero attached hydrogens (tertiary/aromatic N) is 1. The van der Waals surface area contributed by atoms with E-state index in [1.54, 1.807) is 0 Å². The van der Waals surface area contributed by atoms with Crippen molar-refractivity contribution in [3.63, 3.8) is 0 Å². The summed E-state index contributed by atoms with van der Waals surface area (Å²) >= 11 is 0. The number of amides is 1. The Balaban J connectivity index is 1.23. The van der Waals surface area contributed by atoms with E-state index in [0.717, 1.165) is 37.2 Å². The van der Waals surface area contributed by atoms with Gasteiger partial charge < -0.3 is 20.1 Å². The summed E-state index contributed by atoms with van der Waals surface area (Å²) in [6.45, 7) is 2.20. The summed E-state index contributed by atoms with van der Waals surface area (Å²) in [6.07, 6.45) is 2.23. The summed E-state index contributed by atoms with van der Waals surface area (Å²) in [5.41, 5.74) is 7.27. The predicted molar refractivity (Wildman–Crippen MR) is 103 cm³/mol. The molecular formula is C22H26N2O3. The summed E-state index contributed by atoms with van der Waals surface area (Å²) in [7, 11) is 0. The van der Waals surface area contributed by atoms with E-state index in [1.807, 2.05) is 59.5 Å². The van der Waals surface area contributed by atoms with Gasteiger partial charge in [0, 0.05) is 19.1 Å². The Labute approximate surface area is 160 Å². The highest BCUT2D eigenvalue weighted by Crippen LogP contribution is 2.37. The molecule has 2 aromatic carbocycles. The quantitative estimate of drug-likeness (QED) is 0.854. The Hall–Kier alpha value is -2.53. The van der Waals surface area contributed by atoms with Crippen LogP contribution in [0.4, 0.5) is 0 Å². The number of hydrogen-bond donors (Lipinski definition) is 1. The average Bonchev–Trinajstić information content (AvgIpc) is 3.28. The number of carbonyl (C=O) groups excluding carboxylic acids is 1. The highest BCUT2D eigenvalue weighted by Gasteiger charge is 2.42. The topological polar surface area (TPSA) is 64.8 Å². The maximum absolute atomic E-state index is 12.4. The van der Waals surface area contributed by atoms with Gasteiger partial charge in [0.2, 0.25) is 0 Å². The van der Waals surface area contributed by atoms with Crippen molar-refractivity contribution in [2.45, 2.75) is 25.5 Å². The first-order valence-corrected chi connectivity index (χ1v) is 9.62. The lowest BCUT2D eigenvalue weighted by Gasteiger charge is -2.19. The number of fused-ring (bicyclic) bond motifs is 1. The van der Waals surface area contributed by atoms with Gasteiger partial charge in [-0.15, -0.1) is 0 Å². The standard InChI is InChI=1S/C22H26N2O3/c23-21-11-6-17-12-24(13-20(17)21)22(25)15-27-19-9-7-18(8-10-19)26-14-16-4-2-1-3-5-16/h1-5,7-10,17,20-21H,6,11-15,23H2. The smallest absolute Gasteiger partial charge is 0.260 e. The summed E-state index contributed by atoms with van der Waals surface area (Å²) in [5, 5.41) is 0. The zero-order chi connectivity index (χ0) is 18.6. The minimum atomic E-state index is 0.0426. The van der Waals surface area contributed by atoms with E-state index in [2.05, 4.69) is 0 Å². The molecule has 27 heavy (non-hydrogen) atoms. The van der Waals surface area contributed by atoms with E-state index in [1.165, 1.54) is 0 Å². The third-order valence-electron chi connectivity index (χ3n) is 5.70. The second kappa shape index (κ2) is 8.01. The van der Waals surface area contributed by atoms with Crippen molar-refractivity contribution in [3.8, 4) is 11.5 Å². The third-order valence-corrected chi connectivity index (χ3v) is 5.70. The van der Waals surface area contributed by atoms with Gasteiger partial charge >= 0.3 is 0 Å². The van der Waals surface area contributed by atoms with Crippen LogP contribution in [0.3, 0.4) is 0 Å². The van der Waals surface area contributed by atoms with Gasteiger partial charge in [-0.25, -0.2) is 0 Å². The fraction of sp³-hybridized carbons (Fsp3) is 0.409. The molecular weight excluding hydrogens is 340 g/mol. The van der Waals surface area contributed by atoms with Crippen LogP contribution in [0.25, 0.3) is 0 Å². The van der Waals surface area contributed by atoms with Crippen LogP contribution in [-0.2, 0) is 11.4 Å². The Kier molecular flexibility index (Phi) is 5.30. The highest BCUT2D eigenvalue weighted by molar-refractivity contribution is 5.78. The van der Waals surface area contributed by atoms with E-state index in [0.29, 0.717) is 24.2 Å². The number of carbonyl (C=O) groups is 1. The fourth-order valence-corrected chi connectivity index (χ4v) is 4.12. The summed E-state index contributed by atoms with van der Waals surface area (Å²) in [5.74, 6) is 2.53. The molecule has 4 rings (SSSR count). The minimum Gasteiger partial charge on any atom is -0.489 e. The van der Waals surface area contributed by atoms with Crippen molar-refractivity contribution in [3.05, 3.63) is 60.2 Å². The number of ether oxygens (including phenoxy) is 2. The van der Waals surface area contributed by atoms with Crippen molar-refractivity contribution >= 4 is 5.91 Å². The van der Waals surface area contributed by atoms with Crippen molar-refractivity contribution in [2.24, 2.45) is 17.6 Å². The van der Waals surface area contributed by atoms with Crippen molar-refractivity contribution < 1.29 is 14.3 Å². The van der Waals surface area contributed by atoms with E-state index >= 15 is 0 Å². The number of benzene rings is 2. The van der Waals surface area contributed by atoms with E-state index in [9.17, 15) is 4.79 Å². The van der Waals surface area contributed by atoms with Gasteiger partial charge in [-0.3, -0.25) is 4.79 Å². The lowest BCUT2D eigenvalue weighted by molar-refractivity contribution is -0.132. The van der Waals surface area contributed by atoms with Crippen LogP contribution in [0.1, 0.15) is 18.4 Å². The molecule has 1 saturated carbocycles. The van der Waals surface area contributed by atoms with Crippen LogP contribution in [0.15, 0.2) is 54.6 Å². The molecule has 0 bridgehead atoms. The molecule has 142 valence electrons. The van der Waals surface area contributed by atoms with Crippen LogP contribution in [-0.4, -0.2) is 36.5 Å². The van der Waals surface area contributed by atoms with Crippen LogP contribution in [0.5, 0.6) is 11.5 Å². The Morgan fingerprint density at radius 3 is 2.37 bits per heavy atom. The average molecular weight is 366 g/mol. The van der Waals surface area contributed by atoms with Gasteiger partial charge in [0.05, 0.1) is 0 Å². The van der Waals surface area contributed by atoms with Gasteiger partial charge in [-0.05, 0) is 54.5 Å². The fourth-order valence-electron chi connectivity index (χ4n) is 4.12. The maximum atomic E-state index is 12.4. The normalized spacial score (nSPS) is 23.9. The lowest BCUT2D eigenvalue weighted by atomic mass is 9.98. The van der Waals surface area contributed by atoms with Crippen molar-refractivity contribution in [2.75, 3.05) is 19.7 Å². The molecule has 1 aliphatic heterocycles. The first kappa shape index (κ1) is 17.9. The van der Waals surface area contributed by atoms with E-state index < -0.39 is 0 Å². The molecule has 0 spiro atoms. The molecule has 1 amide bonds. The molecule has 3 atom stereocenters. The minimum absolute atomic E-state index is 0.0426. The second-order valence-corrected chi connectivity index (χ2v) is 7.50. The molecule has 3 unspecified atom stereocenters. The second-order valence-electron chi connectivity index (χ2n) is 7.50. The molecule has 1 heterocycles. The first-order valence-electron chi connectivity index (χ1n) is 9.62. The Bertz CT molecular complexity index is 763. The summed E-state index contributed by atoms with van der Waals surface area (Å²) in [4.78, 5) is 14.3. The number of hydrogen-bond acceptors (Lipinski definition) is 4. The molecule has 1 saturated heterocycles. The third kappa shape index (κ3) is 4.25. The van der Waals surface area contributed by atoms with Crippen LogP contribution in [0.2, 0.25) is 0 Å². The predicted octanol–water partition coefficient (Wildman–Crippen LogP) is 2.84. The molecule has 5 nitrogen and oxygen atoms in total. The molecule has 1 aliphatic carbocycles. The molecule has 2 N–H and O–H groups in total. The number of rotatable bonds is 6. The van der Waals surface area contributed by atoms with E-state index in [-0.39, 0.29) is 18.6 Å². The van der Waals surface area contributed by atoms with Gasteiger partial charge in [-0.2, -0.15) is 0 Å². The summed E-state index contributed by atoms with van der Waals surface area (Å²) < 4.78 is 11.4. The van der Waals surface area contributed by atoms with Crippen LogP contribution >= 0.6 is 0 Å².